The minimum Gasteiger partial charge on any atom is -0.385 e. The zero-order valence-corrected chi connectivity index (χ0v) is 12.0. The molecule has 0 spiro atoms. The summed E-state index contributed by atoms with van der Waals surface area (Å²) >= 11 is 0. The number of benzene rings is 1. The van der Waals surface area contributed by atoms with Gasteiger partial charge in [0, 0.05) is 38.5 Å². The molecule has 0 atom stereocenters. The van der Waals surface area contributed by atoms with Crippen molar-refractivity contribution in [3.05, 3.63) is 36.0 Å². The lowest BCUT2D eigenvalue weighted by Crippen LogP contribution is -2.13. The van der Waals surface area contributed by atoms with Gasteiger partial charge in [-0.3, -0.25) is 0 Å². The van der Waals surface area contributed by atoms with Crippen molar-refractivity contribution < 1.29 is 4.74 Å². The zero-order valence-electron chi connectivity index (χ0n) is 12.0. The Morgan fingerprint density at radius 1 is 1.26 bits per heavy atom. The third-order valence-corrected chi connectivity index (χ3v) is 3.34. The van der Waals surface area contributed by atoms with Gasteiger partial charge in [-0.15, -0.1) is 0 Å². The molecule has 0 bridgehead atoms. The van der Waals surface area contributed by atoms with E-state index in [2.05, 4.69) is 47.3 Å². The Balaban J connectivity index is 2.08. The fourth-order valence-corrected chi connectivity index (χ4v) is 2.32. The second-order valence-electron chi connectivity index (χ2n) is 4.93. The van der Waals surface area contributed by atoms with Crippen LogP contribution in [-0.4, -0.2) is 24.8 Å². The Kier molecular flexibility index (Phi) is 5.43. The van der Waals surface area contributed by atoms with Crippen molar-refractivity contribution in [3.8, 4) is 0 Å². The van der Waals surface area contributed by atoms with Crippen LogP contribution in [0, 0.1) is 0 Å². The lowest BCUT2D eigenvalue weighted by Gasteiger charge is -2.07. The molecule has 0 fully saturated rings. The molecule has 0 radical (unpaired) electrons. The van der Waals surface area contributed by atoms with E-state index in [0.29, 0.717) is 0 Å². The zero-order chi connectivity index (χ0) is 13.5. The number of hydrogen-bond acceptors (Lipinski definition) is 2. The molecule has 0 saturated heterocycles. The van der Waals surface area contributed by atoms with Crippen LogP contribution in [0.1, 0.15) is 25.3 Å². The lowest BCUT2D eigenvalue weighted by atomic mass is 10.1. The van der Waals surface area contributed by atoms with E-state index in [4.69, 9.17) is 4.74 Å². The molecule has 2 rings (SSSR count). The first-order chi connectivity index (χ1) is 9.35. The molecule has 3 heteroatoms. The lowest BCUT2D eigenvalue weighted by molar-refractivity contribution is 0.190. The van der Waals surface area contributed by atoms with Crippen molar-refractivity contribution in [3.63, 3.8) is 0 Å². The normalized spacial score (nSPS) is 11.3. The minimum absolute atomic E-state index is 0.817. The predicted octanol–water partition coefficient (Wildman–Crippen LogP) is 3.18. The van der Waals surface area contributed by atoms with E-state index in [1.807, 2.05) is 0 Å². The van der Waals surface area contributed by atoms with Gasteiger partial charge in [-0.25, -0.2) is 0 Å². The van der Waals surface area contributed by atoms with E-state index in [-0.39, 0.29) is 0 Å². The molecule has 0 amide bonds. The van der Waals surface area contributed by atoms with Crippen molar-refractivity contribution in [2.24, 2.45) is 0 Å². The molecule has 0 aliphatic rings. The van der Waals surface area contributed by atoms with Crippen molar-refractivity contribution in [2.45, 2.75) is 32.9 Å². The van der Waals surface area contributed by atoms with Gasteiger partial charge in [0.05, 0.1) is 0 Å². The molecule has 0 unspecified atom stereocenters. The minimum atomic E-state index is 0.817. The van der Waals surface area contributed by atoms with Gasteiger partial charge in [-0.2, -0.15) is 0 Å². The highest BCUT2D eigenvalue weighted by Gasteiger charge is 2.02. The van der Waals surface area contributed by atoms with Crippen LogP contribution >= 0.6 is 0 Å². The summed E-state index contributed by atoms with van der Waals surface area (Å²) in [4.78, 5) is 0. The average molecular weight is 260 g/mol. The van der Waals surface area contributed by atoms with Crippen molar-refractivity contribution in [2.75, 3.05) is 20.3 Å². The second kappa shape index (κ2) is 7.31. The Bertz CT molecular complexity index is 504. The highest BCUT2D eigenvalue weighted by atomic mass is 16.5. The quantitative estimate of drug-likeness (QED) is 0.738. The summed E-state index contributed by atoms with van der Waals surface area (Å²) in [5.74, 6) is 0. The first kappa shape index (κ1) is 14.1. The number of fused-ring (bicyclic) bond motifs is 1. The predicted molar refractivity (Wildman–Crippen MR) is 80.4 cm³/mol. The van der Waals surface area contributed by atoms with Gasteiger partial charge >= 0.3 is 0 Å². The van der Waals surface area contributed by atoms with E-state index in [1.165, 1.54) is 22.9 Å². The van der Waals surface area contributed by atoms with E-state index in [1.54, 1.807) is 7.11 Å². The molecule has 1 aromatic carbocycles. The fourth-order valence-electron chi connectivity index (χ4n) is 2.32. The molecule has 0 aliphatic heterocycles. The maximum Gasteiger partial charge on any atom is 0.0483 e. The summed E-state index contributed by atoms with van der Waals surface area (Å²) in [7, 11) is 1.76. The smallest absolute Gasteiger partial charge is 0.0483 e. The number of hydrogen-bond donors (Lipinski definition) is 1. The Labute approximate surface area is 115 Å². The van der Waals surface area contributed by atoms with Crippen LogP contribution in [0.15, 0.2) is 30.5 Å². The third kappa shape index (κ3) is 3.82. The summed E-state index contributed by atoms with van der Waals surface area (Å²) < 4.78 is 7.44. The van der Waals surface area contributed by atoms with Crippen LogP contribution in [-0.2, 0) is 17.8 Å². The van der Waals surface area contributed by atoms with E-state index in [0.717, 1.165) is 32.7 Å². The van der Waals surface area contributed by atoms with Crippen LogP contribution in [0.4, 0.5) is 0 Å². The molecule has 1 aromatic heterocycles. The van der Waals surface area contributed by atoms with E-state index < -0.39 is 0 Å². The molecule has 0 saturated carbocycles. The highest BCUT2D eigenvalue weighted by molar-refractivity contribution is 5.80. The molecule has 2 aromatic rings. The monoisotopic (exact) mass is 260 g/mol. The van der Waals surface area contributed by atoms with Crippen LogP contribution in [0.2, 0.25) is 0 Å². The van der Waals surface area contributed by atoms with Crippen molar-refractivity contribution in [1.29, 1.82) is 0 Å². The Morgan fingerprint density at radius 2 is 2.16 bits per heavy atom. The van der Waals surface area contributed by atoms with Gasteiger partial charge in [0.2, 0.25) is 0 Å². The highest BCUT2D eigenvalue weighted by Crippen LogP contribution is 2.18. The molecule has 104 valence electrons. The molecule has 1 heterocycles. The van der Waals surface area contributed by atoms with Crippen LogP contribution < -0.4 is 5.32 Å². The molecular formula is C16H24N2O. The first-order valence-corrected chi connectivity index (χ1v) is 7.12. The van der Waals surface area contributed by atoms with Gasteiger partial charge in [-0.05, 0) is 42.5 Å². The maximum absolute atomic E-state index is 5.12. The molecular weight excluding hydrogens is 236 g/mol. The number of rotatable bonds is 8. The molecule has 1 N–H and O–H groups in total. The first-order valence-electron chi connectivity index (χ1n) is 7.12. The Morgan fingerprint density at radius 3 is 2.95 bits per heavy atom. The summed E-state index contributed by atoms with van der Waals surface area (Å²) in [5, 5.41) is 4.77. The summed E-state index contributed by atoms with van der Waals surface area (Å²) in [6.45, 7) is 6.05. The van der Waals surface area contributed by atoms with E-state index >= 15 is 0 Å². The second-order valence-corrected chi connectivity index (χ2v) is 4.93. The summed E-state index contributed by atoms with van der Waals surface area (Å²) in [6.07, 6.45) is 4.40. The summed E-state index contributed by atoms with van der Waals surface area (Å²) in [6, 6.07) is 8.91. The molecule has 0 aliphatic carbocycles. The third-order valence-electron chi connectivity index (χ3n) is 3.34. The van der Waals surface area contributed by atoms with Gasteiger partial charge in [0.15, 0.2) is 0 Å². The number of aryl methyl sites for hydroxylation is 1. The van der Waals surface area contributed by atoms with Gasteiger partial charge in [0.25, 0.3) is 0 Å². The van der Waals surface area contributed by atoms with Crippen LogP contribution in [0.25, 0.3) is 10.9 Å². The van der Waals surface area contributed by atoms with Crippen molar-refractivity contribution >= 4 is 10.9 Å². The SMILES string of the molecule is CCCNCc1ccc2ccn(CCCOC)c2c1. The standard InChI is InChI=1S/C16H24N2O/c1-3-8-17-13-14-5-6-15-7-10-18(16(15)12-14)9-4-11-19-2/h5-7,10,12,17H,3-4,8-9,11,13H2,1-2H3. The molecule has 3 nitrogen and oxygen atoms in total. The van der Waals surface area contributed by atoms with Crippen LogP contribution in [0.5, 0.6) is 0 Å². The average Bonchev–Trinajstić information content (AvgIpc) is 2.82. The Hall–Kier alpha value is -1.32. The summed E-state index contributed by atoms with van der Waals surface area (Å²) in [5.41, 5.74) is 2.68. The van der Waals surface area contributed by atoms with Gasteiger partial charge in [0.1, 0.15) is 0 Å². The maximum atomic E-state index is 5.12. The number of nitrogens with zero attached hydrogens (tertiary/aromatic N) is 1. The molecule has 19 heavy (non-hydrogen) atoms. The topological polar surface area (TPSA) is 26.2 Å². The fraction of sp³-hybridized carbons (Fsp3) is 0.500. The van der Waals surface area contributed by atoms with Gasteiger partial charge < -0.3 is 14.6 Å². The van der Waals surface area contributed by atoms with Crippen LogP contribution in [0.3, 0.4) is 0 Å². The number of ether oxygens (including phenoxy) is 1. The van der Waals surface area contributed by atoms with Crippen molar-refractivity contribution in [1.82, 2.24) is 9.88 Å². The number of aromatic nitrogens is 1. The number of methoxy groups -OCH3 is 1. The van der Waals surface area contributed by atoms with Gasteiger partial charge in [-0.1, -0.05) is 19.1 Å². The van der Waals surface area contributed by atoms with E-state index in [9.17, 15) is 0 Å². The largest absolute Gasteiger partial charge is 0.385 e. The number of nitrogens with one attached hydrogen (secondary N) is 1.